The normalized spacial score (nSPS) is 9.50. The molecule has 0 aliphatic carbocycles. The van der Waals surface area contributed by atoms with E-state index in [1.807, 2.05) is 0 Å². The summed E-state index contributed by atoms with van der Waals surface area (Å²) >= 11 is 0. The van der Waals surface area contributed by atoms with Crippen molar-refractivity contribution < 1.29 is 13.9 Å². The number of carbonyl (C=O) groups excluding carboxylic acids is 1. The van der Waals surface area contributed by atoms with Crippen LogP contribution in [0.25, 0.3) is 5.76 Å². The highest BCUT2D eigenvalue weighted by atomic mass is 19.1. The largest absolute Gasteiger partial charge is 0.489 e. The standard InChI is InChI=1S/C13H13FO2/c1-5-12(16-4)13-8(2)6-10(9(3)15)7-11(13)14/h6-7H,1H2,2-4H3. The van der Waals surface area contributed by atoms with E-state index in [1.54, 1.807) is 13.0 Å². The van der Waals surface area contributed by atoms with Crippen molar-refractivity contribution in [3.8, 4) is 0 Å². The van der Waals surface area contributed by atoms with Gasteiger partial charge in [-0.15, -0.1) is 0 Å². The third kappa shape index (κ3) is 2.20. The van der Waals surface area contributed by atoms with Gasteiger partial charge in [-0.05, 0) is 31.5 Å². The molecule has 0 fully saturated rings. The number of aryl methyl sites for hydroxylation is 1. The van der Waals surface area contributed by atoms with Gasteiger partial charge in [0.25, 0.3) is 0 Å². The summed E-state index contributed by atoms with van der Waals surface area (Å²) in [6.07, 6.45) is 0. The predicted molar refractivity (Wildman–Crippen MR) is 60.7 cm³/mol. The fraction of sp³-hybridized carbons (Fsp3) is 0.231. The fourth-order valence-corrected chi connectivity index (χ4v) is 1.50. The lowest BCUT2D eigenvalue weighted by Gasteiger charge is -2.10. The highest BCUT2D eigenvalue weighted by Crippen LogP contribution is 2.23. The second-order valence-electron chi connectivity index (χ2n) is 3.42. The van der Waals surface area contributed by atoms with Crippen molar-refractivity contribution in [2.24, 2.45) is 0 Å². The number of methoxy groups -OCH3 is 1. The van der Waals surface area contributed by atoms with E-state index >= 15 is 0 Å². The Balaban J connectivity index is 3.44. The Morgan fingerprint density at radius 2 is 2.12 bits per heavy atom. The van der Waals surface area contributed by atoms with Crippen LogP contribution in [0.4, 0.5) is 4.39 Å². The average molecular weight is 220 g/mol. The quantitative estimate of drug-likeness (QED) is 0.444. The summed E-state index contributed by atoms with van der Waals surface area (Å²) < 4.78 is 18.7. The number of benzene rings is 1. The first kappa shape index (κ1) is 12.2. The van der Waals surface area contributed by atoms with Crippen molar-refractivity contribution in [2.75, 3.05) is 7.11 Å². The van der Waals surface area contributed by atoms with Gasteiger partial charge < -0.3 is 4.74 Å². The molecule has 0 bridgehead atoms. The van der Waals surface area contributed by atoms with Crippen molar-refractivity contribution in [2.45, 2.75) is 13.8 Å². The van der Waals surface area contributed by atoms with Crippen molar-refractivity contribution in [1.29, 1.82) is 0 Å². The number of ether oxygens (including phenoxy) is 1. The van der Waals surface area contributed by atoms with Crippen molar-refractivity contribution >= 4 is 11.5 Å². The molecule has 0 aliphatic rings. The third-order valence-electron chi connectivity index (χ3n) is 2.29. The monoisotopic (exact) mass is 220 g/mol. The fourth-order valence-electron chi connectivity index (χ4n) is 1.50. The first-order chi connectivity index (χ1) is 7.51. The van der Waals surface area contributed by atoms with Crippen LogP contribution in [0.2, 0.25) is 0 Å². The Bertz CT molecular complexity index is 460. The van der Waals surface area contributed by atoms with E-state index in [4.69, 9.17) is 4.74 Å². The summed E-state index contributed by atoms with van der Waals surface area (Å²) in [4.78, 5) is 11.1. The van der Waals surface area contributed by atoms with E-state index in [1.165, 1.54) is 20.1 Å². The topological polar surface area (TPSA) is 26.3 Å². The Morgan fingerprint density at radius 3 is 2.50 bits per heavy atom. The highest BCUT2D eigenvalue weighted by molar-refractivity contribution is 5.94. The number of ketones is 1. The van der Waals surface area contributed by atoms with E-state index in [0.29, 0.717) is 16.7 Å². The zero-order valence-electron chi connectivity index (χ0n) is 9.56. The van der Waals surface area contributed by atoms with Crippen LogP contribution in [0.3, 0.4) is 0 Å². The van der Waals surface area contributed by atoms with Gasteiger partial charge in [-0.25, -0.2) is 4.39 Å². The molecule has 0 N–H and O–H groups in total. The van der Waals surface area contributed by atoms with Gasteiger partial charge in [-0.1, -0.05) is 12.3 Å². The maximum absolute atomic E-state index is 13.8. The summed E-state index contributed by atoms with van der Waals surface area (Å²) in [6.45, 7) is 6.53. The highest BCUT2D eigenvalue weighted by Gasteiger charge is 2.14. The molecule has 2 nitrogen and oxygen atoms in total. The van der Waals surface area contributed by atoms with Gasteiger partial charge in [0.1, 0.15) is 5.82 Å². The second-order valence-corrected chi connectivity index (χ2v) is 3.42. The summed E-state index contributed by atoms with van der Waals surface area (Å²) in [5.41, 5.74) is 3.78. The molecule has 16 heavy (non-hydrogen) atoms. The SMILES string of the molecule is C=C=C(OC)c1c(C)cc(C(C)=O)cc1F. The zero-order valence-corrected chi connectivity index (χ0v) is 9.56. The lowest BCUT2D eigenvalue weighted by atomic mass is 10.0. The van der Waals surface area contributed by atoms with Gasteiger partial charge in [-0.2, -0.15) is 0 Å². The van der Waals surface area contributed by atoms with Crippen LogP contribution in [0.5, 0.6) is 0 Å². The Kier molecular flexibility index (Phi) is 3.64. The molecule has 0 saturated heterocycles. The zero-order chi connectivity index (χ0) is 12.3. The average Bonchev–Trinajstić information content (AvgIpc) is 2.22. The van der Waals surface area contributed by atoms with Crippen molar-refractivity contribution in [3.63, 3.8) is 0 Å². The molecule has 3 heteroatoms. The summed E-state index contributed by atoms with van der Waals surface area (Å²) in [7, 11) is 1.42. The van der Waals surface area contributed by atoms with E-state index in [9.17, 15) is 9.18 Å². The molecule has 1 aromatic rings. The number of Topliss-reactive ketones (excluding diaryl/α,β-unsaturated/α-hetero) is 1. The first-order valence-corrected chi connectivity index (χ1v) is 4.76. The molecular weight excluding hydrogens is 207 g/mol. The molecule has 0 saturated carbocycles. The van der Waals surface area contributed by atoms with Gasteiger partial charge in [0.2, 0.25) is 0 Å². The van der Waals surface area contributed by atoms with Gasteiger partial charge in [-0.3, -0.25) is 4.79 Å². The van der Waals surface area contributed by atoms with Gasteiger partial charge in [0, 0.05) is 5.56 Å². The van der Waals surface area contributed by atoms with E-state index in [2.05, 4.69) is 12.3 Å². The summed E-state index contributed by atoms with van der Waals surface area (Å²) in [6, 6.07) is 2.82. The van der Waals surface area contributed by atoms with Crippen LogP contribution in [0, 0.1) is 12.7 Å². The molecule has 0 aliphatic heterocycles. The van der Waals surface area contributed by atoms with Gasteiger partial charge in [0.05, 0.1) is 12.7 Å². The molecule has 1 rings (SSSR count). The lowest BCUT2D eigenvalue weighted by molar-refractivity contribution is 0.101. The van der Waals surface area contributed by atoms with Crippen LogP contribution in [0.15, 0.2) is 24.4 Å². The van der Waals surface area contributed by atoms with Crippen LogP contribution in [-0.2, 0) is 4.74 Å². The number of carbonyl (C=O) groups is 1. The second kappa shape index (κ2) is 4.77. The molecule has 0 heterocycles. The molecule has 1 aromatic carbocycles. The van der Waals surface area contributed by atoms with Crippen LogP contribution >= 0.6 is 0 Å². The van der Waals surface area contributed by atoms with Crippen LogP contribution in [-0.4, -0.2) is 12.9 Å². The van der Waals surface area contributed by atoms with Crippen molar-refractivity contribution in [1.82, 2.24) is 0 Å². The first-order valence-electron chi connectivity index (χ1n) is 4.76. The minimum Gasteiger partial charge on any atom is -0.489 e. The van der Waals surface area contributed by atoms with E-state index < -0.39 is 5.82 Å². The van der Waals surface area contributed by atoms with Crippen LogP contribution in [0.1, 0.15) is 28.4 Å². The molecule has 0 aromatic heterocycles. The number of hydrogen-bond donors (Lipinski definition) is 0. The maximum atomic E-state index is 13.8. The lowest BCUT2D eigenvalue weighted by Crippen LogP contribution is -2.00. The Labute approximate surface area is 94.0 Å². The van der Waals surface area contributed by atoms with Gasteiger partial charge >= 0.3 is 0 Å². The number of halogens is 1. The third-order valence-corrected chi connectivity index (χ3v) is 2.29. The van der Waals surface area contributed by atoms with E-state index in [-0.39, 0.29) is 11.5 Å². The Morgan fingerprint density at radius 1 is 1.50 bits per heavy atom. The minimum atomic E-state index is -0.502. The Hall–Kier alpha value is -1.86. The molecular formula is C13H13FO2. The predicted octanol–water partition coefficient (Wildman–Crippen LogP) is 3.11. The summed E-state index contributed by atoms with van der Waals surface area (Å²) in [5, 5.41) is 0. The minimum absolute atomic E-state index is 0.171. The molecule has 0 unspecified atom stereocenters. The van der Waals surface area contributed by atoms with E-state index in [0.717, 1.165) is 0 Å². The molecule has 84 valence electrons. The molecule has 0 amide bonds. The smallest absolute Gasteiger partial charge is 0.171 e. The number of rotatable bonds is 3. The molecule has 0 atom stereocenters. The molecule has 0 spiro atoms. The number of hydrogen-bond acceptors (Lipinski definition) is 2. The maximum Gasteiger partial charge on any atom is 0.171 e. The molecule has 0 radical (unpaired) electrons. The van der Waals surface area contributed by atoms with Crippen molar-refractivity contribution in [3.05, 3.63) is 47.0 Å². The van der Waals surface area contributed by atoms with Crippen LogP contribution < -0.4 is 0 Å². The van der Waals surface area contributed by atoms with Gasteiger partial charge in [0.15, 0.2) is 11.5 Å². The summed E-state index contributed by atoms with van der Waals surface area (Å²) in [5.74, 6) is -0.432.